The summed E-state index contributed by atoms with van der Waals surface area (Å²) in [4.78, 5) is 18.1. The largest absolute Gasteiger partial charge is 0.489 e. The van der Waals surface area contributed by atoms with Gasteiger partial charge < -0.3 is 25.8 Å². The monoisotopic (exact) mass is 503 g/mol. The van der Waals surface area contributed by atoms with E-state index in [1.165, 1.54) is 21.9 Å². The number of fused-ring (bicyclic) bond motifs is 1. The van der Waals surface area contributed by atoms with Crippen molar-refractivity contribution in [1.82, 2.24) is 24.9 Å². The summed E-state index contributed by atoms with van der Waals surface area (Å²) in [6.45, 7) is 4.70. The highest BCUT2D eigenvalue weighted by molar-refractivity contribution is 7.88. The number of carbonyl (C=O) groups is 1. The summed E-state index contributed by atoms with van der Waals surface area (Å²) in [6.07, 6.45) is 5.50. The minimum Gasteiger partial charge on any atom is -0.489 e. The van der Waals surface area contributed by atoms with Gasteiger partial charge in [0.15, 0.2) is 0 Å². The summed E-state index contributed by atoms with van der Waals surface area (Å²) in [5.41, 5.74) is 12.0. The van der Waals surface area contributed by atoms with Crippen LogP contribution in [-0.2, 0) is 14.8 Å². The number of thiazole rings is 1. The van der Waals surface area contributed by atoms with Gasteiger partial charge in [-0.15, -0.1) is 11.3 Å². The lowest BCUT2D eigenvalue weighted by Gasteiger charge is -2.44. The van der Waals surface area contributed by atoms with Crippen molar-refractivity contribution < 1.29 is 17.9 Å². The van der Waals surface area contributed by atoms with Gasteiger partial charge in [0.2, 0.25) is 15.9 Å². The van der Waals surface area contributed by atoms with Crippen molar-refractivity contribution in [2.75, 3.05) is 39.0 Å². The number of allylic oxidation sites excluding steroid dienone is 2. The van der Waals surface area contributed by atoms with Gasteiger partial charge in [-0.25, -0.2) is 17.7 Å². The highest BCUT2D eigenvalue weighted by Gasteiger charge is 2.28. The van der Waals surface area contributed by atoms with Crippen LogP contribution in [0.25, 0.3) is 21.3 Å². The maximum absolute atomic E-state index is 11.7. The van der Waals surface area contributed by atoms with Gasteiger partial charge in [0.25, 0.3) is 0 Å². The molecule has 0 saturated carbocycles. The molecule has 12 heteroatoms. The molecule has 0 aliphatic carbocycles. The maximum atomic E-state index is 11.7. The second kappa shape index (κ2) is 9.08. The van der Waals surface area contributed by atoms with Gasteiger partial charge in [-0.1, -0.05) is 6.08 Å². The average Bonchev–Trinajstić information content (AvgIpc) is 3.48. The minimum absolute atomic E-state index is 0.0654. The molecule has 182 valence electrons. The Hall–Kier alpha value is -2.83. The van der Waals surface area contributed by atoms with E-state index in [1.807, 2.05) is 31.2 Å². The van der Waals surface area contributed by atoms with Crippen LogP contribution in [-0.4, -0.2) is 73.6 Å². The molecular weight excluding hydrogens is 476 g/mol. The predicted molar refractivity (Wildman–Crippen MR) is 131 cm³/mol. The molecule has 0 bridgehead atoms. The number of sulfonamides is 1. The van der Waals surface area contributed by atoms with Crippen LogP contribution < -0.4 is 15.5 Å². The van der Waals surface area contributed by atoms with Gasteiger partial charge >= 0.3 is 0 Å². The highest BCUT2D eigenvalue weighted by atomic mass is 32.2. The third-order valence-electron chi connectivity index (χ3n) is 6.42. The van der Waals surface area contributed by atoms with Gasteiger partial charge in [-0.2, -0.15) is 0 Å². The number of piperazine rings is 1. The van der Waals surface area contributed by atoms with Crippen LogP contribution in [0.15, 0.2) is 35.6 Å². The van der Waals surface area contributed by atoms with Crippen molar-refractivity contribution >= 4 is 43.2 Å². The molecule has 2 fully saturated rings. The first-order chi connectivity index (χ1) is 16.3. The molecule has 0 unspecified atom stereocenters. The Morgan fingerprint density at radius 2 is 2.03 bits per heavy atom. The minimum atomic E-state index is -3.17. The molecule has 0 spiro atoms. The Labute approximate surface area is 202 Å². The average molecular weight is 504 g/mol. The number of aromatic nitrogens is 1. The molecule has 2 N–H and O–H groups in total. The standard InChI is InChI=1S/C22H27N6O4S2/c1-14(16-11-21(29)23-12-16)32-19-10-15(9-18-22(19)33-13-24-18)17-3-4-20(26-25-17)27-5-7-28(8-6-27)34(2,30)31/h3-4,9-10,13-14,16,25H,5-8,11-12H2,1-2H3,(H,23,29)/q-1/t14-,16-/m1/s1. The number of amides is 1. The van der Waals surface area contributed by atoms with Crippen molar-refractivity contribution in [2.24, 2.45) is 5.92 Å². The van der Waals surface area contributed by atoms with Crippen molar-refractivity contribution in [3.8, 4) is 5.75 Å². The van der Waals surface area contributed by atoms with Crippen molar-refractivity contribution in [3.63, 3.8) is 0 Å². The third-order valence-corrected chi connectivity index (χ3v) is 8.58. The normalized spacial score (nSPS) is 22.5. The first-order valence-electron chi connectivity index (χ1n) is 11.2. The summed E-state index contributed by atoms with van der Waals surface area (Å²) in [5.74, 6) is 1.72. The van der Waals surface area contributed by atoms with Crippen molar-refractivity contribution in [1.29, 1.82) is 0 Å². The number of rotatable bonds is 6. The van der Waals surface area contributed by atoms with E-state index in [9.17, 15) is 13.2 Å². The fourth-order valence-corrected chi connectivity index (χ4v) is 5.93. The fraction of sp³-hybridized carbons (Fsp3) is 0.455. The van der Waals surface area contributed by atoms with Crippen LogP contribution in [0.4, 0.5) is 0 Å². The second-order valence-corrected chi connectivity index (χ2v) is 11.6. The number of carbonyl (C=O) groups excluding carboxylic acids is 1. The zero-order valence-electron chi connectivity index (χ0n) is 19.0. The number of hydrogen-bond acceptors (Lipinski definition) is 8. The van der Waals surface area contributed by atoms with Gasteiger partial charge in [0.05, 0.1) is 22.0 Å². The number of nitrogens with one attached hydrogen (secondary N) is 2. The quantitative estimate of drug-likeness (QED) is 0.618. The number of ether oxygens (including phenoxy) is 1. The van der Waals surface area contributed by atoms with Gasteiger partial charge in [-0.3, -0.25) is 4.79 Å². The fourth-order valence-electron chi connectivity index (χ4n) is 4.37. The van der Waals surface area contributed by atoms with E-state index in [4.69, 9.17) is 4.74 Å². The van der Waals surface area contributed by atoms with Crippen LogP contribution >= 0.6 is 11.3 Å². The first-order valence-corrected chi connectivity index (χ1v) is 13.9. The number of nitrogens with zero attached hydrogens (tertiary/aromatic N) is 4. The predicted octanol–water partition coefficient (Wildman–Crippen LogP) is 1.85. The third kappa shape index (κ3) is 4.70. The Morgan fingerprint density at radius 3 is 2.68 bits per heavy atom. The molecular formula is C22H27N6O4S2-. The summed E-state index contributed by atoms with van der Waals surface area (Å²) >= 11 is 1.53. The zero-order valence-corrected chi connectivity index (χ0v) is 20.7. The van der Waals surface area contributed by atoms with Gasteiger partial charge in [-0.05, 0) is 44.0 Å². The Bertz CT molecular complexity index is 1260. The van der Waals surface area contributed by atoms with Crippen LogP contribution in [0.3, 0.4) is 0 Å². The lowest BCUT2D eigenvalue weighted by atomic mass is 10.0. The smallest absolute Gasteiger partial charge is 0.220 e. The van der Waals surface area contributed by atoms with Crippen molar-refractivity contribution in [3.05, 3.63) is 46.6 Å². The van der Waals surface area contributed by atoms with E-state index in [0.717, 1.165) is 33.0 Å². The van der Waals surface area contributed by atoms with Crippen molar-refractivity contribution in [2.45, 2.75) is 19.4 Å². The molecule has 1 amide bonds. The molecule has 4 heterocycles. The summed E-state index contributed by atoms with van der Waals surface area (Å²) in [7, 11) is -3.17. The Kier molecular flexibility index (Phi) is 6.13. The maximum Gasteiger partial charge on any atom is 0.220 e. The second-order valence-electron chi connectivity index (χ2n) is 8.74. The van der Waals surface area contributed by atoms with E-state index in [-0.39, 0.29) is 17.9 Å². The molecule has 2 aromatic rings. The Balaban J connectivity index is 1.33. The van der Waals surface area contributed by atoms with Crippen LogP contribution in [0.5, 0.6) is 5.75 Å². The number of hydrogen-bond donors (Lipinski definition) is 2. The van der Waals surface area contributed by atoms with E-state index >= 15 is 0 Å². The molecule has 2 atom stereocenters. The lowest BCUT2D eigenvalue weighted by molar-refractivity contribution is -0.119. The highest BCUT2D eigenvalue weighted by Crippen LogP contribution is 2.35. The molecule has 0 radical (unpaired) electrons. The SMILES string of the molecule is C[C@@H](Oc1cc(C2=CC=C(N3CCN(S(C)(=O)=O)CC3)[N-]N2)cc2ncsc12)[C@H]1CNC(=O)C1. The topological polar surface area (TPSA) is 118 Å². The van der Waals surface area contributed by atoms with E-state index in [1.54, 1.807) is 5.51 Å². The van der Waals surface area contributed by atoms with E-state index in [0.29, 0.717) is 39.1 Å². The summed E-state index contributed by atoms with van der Waals surface area (Å²) in [6, 6.07) is 3.99. The zero-order chi connectivity index (χ0) is 23.9. The molecule has 1 aromatic carbocycles. The van der Waals surface area contributed by atoms with Crippen LogP contribution in [0.2, 0.25) is 0 Å². The van der Waals surface area contributed by atoms with Gasteiger partial charge in [0.1, 0.15) is 11.9 Å². The Morgan fingerprint density at radius 1 is 1.24 bits per heavy atom. The summed E-state index contributed by atoms with van der Waals surface area (Å²) in [5, 5.41) is 2.87. The molecule has 5 rings (SSSR count). The molecule has 3 aliphatic heterocycles. The molecule has 2 saturated heterocycles. The van der Waals surface area contributed by atoms with Crippen LogP contribution in [0, 0.1) is 5.92 Å². The summed E-state index contributed by atoms with van der Waals surface area (Å²) < 4.78 is 32.3. The molecule has 10 nitrogen and oxygen atoms in total. The molecule has 34 heavy (non-hydrogen) atoms. The van der Waals surface area contributed by atoms with E-state index < -0.39 is 10.0 Å². The molecule has 3 aliphatic rings. The van der Waals surface area contributed by atoms with E-state index in [2.05, 4.69) is 26.1 Å². The van der Waals surface area contributed by atoms with Crippen LogP contribution in [0.1, 0.15) is 18.9 Å². The number of benzene rings is 1. The first kappa shape index (κ1) is 22.9. The lowest BCUT2D eigenvalue weighted by Crippen LogP contribution is -2.48. The van der Waals surface area contributed by atoms with Gasteiger partial charge in [0, 0.05) is 43.2 Å². The molecule has 1 aromatic heterocycles.